The van der Waals surface area contributed by atoms with Gasteiger partial charge in [0.25, 0.3) is 0 Å². The molecule has 0 amide bonds. The number of guanidine groups is 1. The van der Waals surface area contributed by atoms with Crippen molar-refractivity contribution in [1.82, 2.24) is 15.5 Å². The number of piperidine rings is 1. The highest BCUT2D eigenvalue weighted by Gasteiger charge is 2.14. The molecule has 1 aliphatic rings. The number of methoxy groups -OCH3 is 1. The van der Waals surface area contributed by atoms with Crippen LogP contribution in [0, 0.1) is 5.92 Å². The monoisotopic (exact) mass is 376 g/mol. The lowest BCUT2D eigenvalue weighted by Gasteiger charge is -2.30. The zero-order valence-corrected chi connectivity index (χ0v) is 17.2. The highest BCUT2D eigenvalue weighted by Crippen LogP contribution is 2.17. The van der Waals surface area contributed by atoms with Crippen LogP contribution in [0.15, 0.2) is 29.3 Å². The molecule has 0 atom stereocenters. The Morgan fingerprint density at radius 2 is 1.74 bits per heavy atom. The maximum atomic E-state index is 5.71. The summed E-state index contributed by atoms with van der Waals surface area (Å²) < 4.78 is 10.9. The second kappa shape index (κ2) is 12.4. The van der Waals surface area contributed by atoms with Gasteiger partial charge in [0.15, 0.2) is 5.96 Å². The van der Waals surface area contributed by atoms with Crippen molar-refractivity contribution in [2.45, 2.75) is 32.6 Å². The van der Waals surface area contributed by atoms with Crippen molar-refractivity contribution in [1.29, 1.82) is 0 Å². The Labute approximate surface area is 164 Å². The lowest BCUT2D eigenvalue weighted by Crippen LogP contribution is -2.40. The number of unbranched alkanes of at least 4 members (excludes halogenated alkanes) is 1. The van der Waals surface area contributed by atoms with Crippen molar-refractivity contribution < 1.29 is 9.47 Å². The van der Waals surface area contributed by atoms with E-state index in [9.17, 15) is 0 Å². The van der Waals surface area contributed by atoms with Crippen LogP contribution in [0.25, 0.3) is 0 Å². The summed E-state index contributed by atoms with van der Waals surface area (Å²) in [4.78, 5) is 6.86. The van der Waals surface area contributed by atoms with E-state index in [4.69, 9.17) is 9.47 Å². The third-order valence-electron chi connectivity index (χ3n) is 5.02. The average Bonchev–Trinajstić information content (AvgIpc) is 2.71. The molecule has 2 rings (SSSR count). The number of benzene rings is 1. The van der Waals surface area contributed by atoms with Crippen molar-refractivity contribution in [2.75, 3.05) is 53.5 Å². The molecule has 0 bridgehead atoms. The number of nitrogens with one attached hydrogen (secondary N) is 2. The van der Waals surface area contributed by atoms with Gasteiger partial charge in [0.05, 0.1) is 13.7 Å². The van der Waals surface area contributed by atoms with E-state index < -0.39 is 0 Å². The van der Waals surface area contributed by atoms with E-state index in [2.05, 4.69) is 27.4 Å². The van der Waals surface area contributed by atoms with Gasteiger partial charge in [-0.05, 0) is 75.5 Å². The van der Waals surface area contributed by atoms with Crippen LogP contribution < -0.4 is 20.1 Å². The van der Waals surface area contributed by atoms with E-state index in [0.29, 0.717) is 13.2 Å². The highest BCUT2D eigenvalue weighted by molar-refractivity contribution is 5.79. The summed E-state index contributed by atoms with van der Waals surface area (Å²) >= 11 is 0. The maximum absolute atomic E-state index is 5.71. The number of likely N-dealkylation sites (tertiary alicyclic amines) is 1. The van der Waals surface area contributed by atoms with Crippen LogP contribution in [-0.2, 0) is 0 Å². The van der Waals surface area contributed by atoms with E-state index in [-0.39, 0.29) is 0 Å². The third kappa shape index (κ3) is 8.52. The van der Waals surface area contributed by atoms with Gasteiger partial charge >= 0.3 is 0 Å². The minimum absolute atomic E-state index is 0.584. The second-order valence-corrected chi connectivity index (χ2v) is 7.18. The summed E-state index contributed by atoms with van der Waals surface area (Å²) in [5.41, 5.74) is 0. The lowest BCUT2D eigenvalue weighted by molar-refractivity contribution is 0.189. The second-order valence-electron chi connectivity index (χ2n) is 7.18. The summed E-state index contributed by atoms with van der Waals surface area (Å²) in [6.07, 6.45) is 5.11. The first-order valence-electron chi connectivity index (χ1n) is 10.1. The predicted octanol–water partition coefficient (Wildman–Crippen LogP) is 2.75. The Bertz CT molecular complexity index is 540. The van der Waals surface area contributed by atoms with Gasteiger partial charge in [0.1, 0.15) is 18.1 Å². The third-order valence-corrected chi connectivity index (χ3v) is 5.02. The number of hydrogen-bond donors (Lipinski definition) is 2. The molecule has 0 unspecified atom stereocenters. The van der Waals surface area contributed by atoms with E-state index in [0.717, 1.165) is 36.3 Å². The van der Waals surface area contributed by atoms with Gasteiger partial charge in [-0.1, -0.05) is 6.92 Å². The average molecular weight is 377 g/mol. The van der Waals surface area contributed by atoms with Gasteiger partial charge in [-0.2, -0.15) is 0 Å². The molecule has 27 heavy (non-hydrogen) atoms. The molecule has 0 aliphatic carbocycles. The van der Waals surface area contributed by atoms with Crippen molar-refractivity contribution >= 4 is 5.96 Å². The number of hydrogen-bond acceptors (Lipinski definition) is 4. The van der Waals surface area contributed by atoms with Crippen molar-refractivity contribution in [2.24, 2.45) is 10.9 Å². The van der Waals surface area contributed by atoms with Crippen molar-refractivity contribution in [3.63, 3.8) is 0 Å². The fraction of sp³-hybridized carbons (Fsp3) is 0.667. The smallest absolute Gasteiger partial charge is 0.191 e. The normalized spacial score (nSPS) is 16.2. The largest absolute Gasteiger partial charge is 0.497 e. The Morgan fingerprint density at radius 1 is 1.07 bits per heavy atom. The summed E-state index contributed by atoms with van der Waals surface area (Å²) in [7, 11) is 3.46. The molecular formula is C21H36N4O2. The van der Waals surface area contributed by atoms with Gasteiger partial charge in [-0.15, -0.1) is 0 Å². The van der Waals surface area contributed by atoms with E-state index >= 15 is 0 Å². The molecule has 152 valence electrons. The lowest BCUT2D eigenvalue weighted by atomic mass is 9.99. The number of rotatable bonds is 10. The van der Waals surface area contributed by atoms with Gasteiger partial charge in [0, 0.05) is 13.6 Å². The summed E-state index contributed by atoms with van der Waals surface area (Å²) in [5, 5.41) is 6.66. The molecule has 0 spiro atoms. The zero-order valence-electron chi connectivity index (χ0n) is 17.2. The molecule has 2 N–H and O–H groups in total. The molecule has 0 radical (unpaired) electrons. The quantitative estimate of drug-likeness (QED) is 0.374. The molecular weight excluding hydrogens is 340 g/mol. The highest BCUT2D eigenvalue weighted by atomic mass is 16.5. The van der Waals surface area contributed by atoms with E-state index in [1.54, 1.807) is 14.2 Å². The van der Waals surface area contributed by atoms with Gasteiger partial charge in [0.2, 0.25) is 0 Å². The molecule has 1 heterocycles. The minimum atomic E-state index is 0.584. The number of aliphatic imine (C=N–C) groups is 1. The molecule has 0 aromatic heterocycles. The minimum Gasteiger partial charge on any atom is -0.497 e. The first-order chi connectivity index (χ1) is 13.2. The molecule has 0 saturated carbocycles. The van der Waals surface area contributed by atoms with Crippen molar-refractivity contribution in [3.05, 3.63) is 24.3 Å². The molecule has 1 aromatic rings. The first kappa shape index (κ1) is 21.4. The predicted molar refractivity (Wildman–Crippen MR) is 112 cm³/mol. The first-order valence-corrected chi connectivity index (χ1v) is 10.1. The van der Waals surface area contributed by atoms with Gasteiger partial charge in [-0.25, -0.2) is 0 Å². The standard InChI is InChI=1S/C21H36N4O2/c1-18-10-15-25(16-11-18)14-5-4-12-23-21(22-2)24-13-17-27-20-8-6-19(26-3)7-9-20/h6-9,18H,4-5,10-17H2,1-3H3,(H2,22,23,24). The van der Waals surface area contributed by atoms with Crippen LogP contribution in [0.2, 0.25) is 0 Å². The Balaban J connectivity index is 1.50. The SMILES string of the molecule is CN=C(NCCCCN1CCC(C)CC1)NCCOc1ccc(OC)cc1. The molecule has 6 nitrogen and oxygen atoms in total. The van der Waals surface area contributed by atoms with Crippen molar-refractivity contribution in [3.8, 4) is 11.5 Å². The van der Waals surface area contributed by atoms with Crippen LogP contribution in [-0.4, -0.2) is 64.3 Å². The Morgan fingerprint density at radius 3 is 2.41 bits per heavy atom. The number of ether oxygens (including phenoxy) is 2. The van der Waals surface area contributed by atoms with Crippen LogP contribution in [0.3, 0.4) is 0 Å². The zero-order chi connectivity index (χ0) is 19.3. The summed E-state index contributed by atoms with van der Waals surface area (Å²) in [6, 6.07) is 7.62. The molecule has 6 heteroatoms. The maximum Gasteiger partial charge on any atom is 0.191 e. The Kier molecular flexibility index (Phi) is 9.84. The Hall–Kier alpha value is -1.95. The molecule has 1 aliphatic heterocycles. The van der Waals surface area contributed by atoms with Gasteiger partial charge in [-0.3, -0.25) is 4.99 Å². The molecule has 1 fully saturated rings. The number of nitrogens with zero attached hydrogens (tertiary/aromatic N) is 2. The topological polar surface area (TPSA) is 58.1 Å². The van der Waals surface area contributed by atoms with Crippen LogP contribution in [0.1, 0.15) is 32.6 Å². The fourth-order valence-corrected chi connectivity index (χ4v) is 3.18. The summed E-state index contributed by atoms with van der Waals surface area (Å²) in [5.74, 6) is 3.42. The van der Waals surface area contributed by atoms with Crippen LogP contribution in [0.5, 0.6) is 11.5 Å². The van der Waals surface area contributed by atoms with Crippen LogP contribution >= 0.6 is 0 Å². The van der Waals surface area contributed by atoms with Crippen LogP contribution in [0.4, 0.5) is 0 Å². The molecule has 1 aromatic carbocycles. The summed E-state index contributed by atoms with van der Waals surface area (Å²) in [6.45, 7) is 8.36. The van der Waals surface area contributed by atoms with Gasteiger partial charge < -0.3 is 25.0 Å². The molecule has 1 saturated heterocycles. The fourth-order valence-electron chi connectivity index (χ4n) is 3.18. The van der Waals surface area contributed by atoms with E-state index in [1.807, 2.05) is 24.3 Å². The van der Waals surface area contributed by atoms with E-state index in [1.165, 1.54) is 38.9 Å².